The van der Waals surface area contributed by atoms with Crippen molar-refractivity contribution in [1.29, 1.82) is 0 Å². The summed E-state index contributed by atoms with van der Waals surface area (Å²) >= 11 is 0. The van der Waals surface area contributed by atoms with E-state index >= 15 is 0 Å². The fraction of sp³-hybridized carbons (Fsp3) is 1.00. The van der Waals surface area contributed by atoms with Gasteiger partial charge in [0.1, 0.15) is 0 Å². The van der Waals surface area contributed by atoms with E-state index in [1.807, 2.05) is 0 Å². The maximum absolute atomic E-state index is 5.79. The van der Waals surface area contributed by atoms with Crippen LogP contribution in [0.15, 0.2) is 0 Å². The van der Waals surface area contributed by atoms with Crippen molar-refractivity contribution in [3.63, 3.8) is 0 Å². The second-order valence-corrected chi connectivity index (χ2v) is 11.5. The summed E-state index contributed by atoms with van der Waals surface area (Å²) in [6.07, 6.45) is 0. The third-order valence-corrected chi connectivity index (χ3v) is 8.10. The van der Waals surface area contributed by atoms with E-state index in [9.17, 15) is 0 Å². The smallest absolute Gasteiger partial charge is 0.310 e. The Bertz CT molecular complexity index is 102. The van der Waals surface area contributed by atoms with Crippen LogP contribution >= 0.6 is 0 Å². The maximum atomic E-state index is 5.79. The van der Waals surface area contributed by atoms with Crippen LogP contribution in [-0.4, -0.2) is 26.6 Å². The summed E-state index contributed by atoms with van der Waals surface area (Å²) in [4.78, 5) is 0. The summed E-state index contributed by atoms with van der Waals surface area (Å²) in [5, 5.41) is 0. The molecule has 0 heterocycles. The first-order valence-corrected chi connectivity index (χ1v) is 11.4. The van der Waals surface area contributed by atoms with Crippen molar-refractivity contribution in [2.24, 2.45) is 0 Å². The van der Waals surface area contributed by atoms with Gasteiger partial charge in [-0.3, -0.25) is 0 Å². The summed E-state index contributed by atoms with van der Waals surface area (Å²) in [6.45, 7) is 12.9. The van der Waals surface area contributed by atoms with E-state index in [4.69, 9.17) is 8.23 Å². The van der Waals surface area contributed by atoms with Gasteiger partial charge in [0, 0.05) is 0 Å². The first-order valence-electron chi connectivity index (χ1n) is 3.82. The molecule has 11 heavy (non-hydrogen) atoms. The first-order chi connectivity index (χ1) is 4.83. The molecule has 0 fully saturated rings. The van der Waals surface area contributed by atoms with E-state index < -0.39 is 26.6 Å². The van der Waals surface area contributed by atoms with Gasteiger partial charge in [0.2, 0.25) is 0 Å². The molecule has 0 atom stereocenters. The Balaban J connectivity index is 3.79. The van der Waals surface area contributed by atoms with Crippen LogP contribution in [0.1, 0.15) is 0 Å². The second-order valence-electron chi connectivity index (χ2n) is 3.42. The van der Waals surface area contributed by atoms with Crippen molar-refractivity contribution in [3.8, 4) is 0 Å². The van der Waals surface area contributed by atoms with E-state index in [1.54, 1.807) is 0 Å². The summed E-state index contributed by atoms with van der Waals surface area (Å²) in [7, 11) is -2.91. The molecule has 0 aliphatic rings. The molecule has 0 unspecified atom stereocenters. The van der Waals surface area contributed by atoms with E-state index in [-0.39, 0.29) is 0 Å². The molecular formula is C6H18O2Si3. The lowest BCUT2D eigenvalue weighted by molar-refractivity contribution is 0.415. The zero-order valence-corrected chi connectivity index (χ0v) is 11.3. The molecule has 0 saturated heterocycles. The minimum absolute atomic E-state index is 0.584. The molecule has 0 N–H and O–H groups in total. The molecule has 2 radical (unpaired) electrons. The highest BCUT2D eigenvalue weighted by Gasteiger charge is 2.27. The maximum Gasteiger partial charge on any atom is 0.310 e. The standard InChI is InChI=1S/C6H18O2Si3/c1-9(2)7-11(5,6)8-10(3)4/h1-6H3. The highest BCUT2D eigenvalue weighted by molar-refractivity contribution is 6.78. The number of rotatable bonds is 4. The van der Waals surface area contributed by atoms with Gasteiger partial charge >= 0.3 is 8.56 Å². The quantitative estimate of drug-likeness (QED) is 0.657. The highest BCUT2D eigenvalue weighted by atomic mass is 28.5. The molecule has 0 saturated carbocycles. The lowest BCUT2D eigenvalue weighted by atomic mass is 11.9. The van der Waals surface area contributed by atoms with Crippen molar-refractivity contribution < 1.29 is 8.23 Å². The SMILES string of the molecule is C[Si](C)O[Si](C)(C)O[Si](C)C. The fourth-order valence-electron chi connectivity index (χ4n) is 1.00. The highest BCUT2D eigenvalue weighted by Crippen LogP contribution is 2.09. The van der Waals surface area contributed by atoms with E-state index in [0.29, 0.717) is 0 Å². The van der Waals surface area contributed by atoms with Crippen molar-refractivity contribution in [2.75, 3.05) is 0 Å². The molecule has 5 heteroatoms. The van der Waals surface area contributed by atoms with E-state index in [2.05, 4.69) is 39.3 Å². The van der Waals surface area contributed by atoms with Gasteiger partial charge in [-0.2, -0.15) is 0 Å². The Hall–Kier alpha value is 0.571. The molecule has 2 nitrogen and oxygen atoms in total. The van der Waals surface area contributed by atoms with Crippen LogP contribution in [0.3, 0.4) is 0 Å². The average Bonchev–Trinajstić information content (AvgIpc) is 1.53. The van der Waals surface area contributed by atoms with Crippen molar-refractivity contribution in [1.82, 2.24) is 0 Å². The van der Waals surface area contributed by atoms with E-state index in [0.717, 1.165) is 0 Å². The van der Waals surface area contributed by atoms with Gasteiger partial charge < -0.3 is 8.23 Å². The van der Waals surface area contributed by atoms with Crippen LogP contribution in [-0.2, 0) is 8.23 Å². The summed E-state index contributed by atoms with van der Waals surface area (Å²) < 4.78 is 11.6. The van der Waals surface area contributed by atoms with Gasteiger partial charge in [0.05, 0.1) is 0 Å². The number of hydrogen-bond acceptors (Lipinski definition) is 2. The molecule has 0 aromatic rings. The molecule has 0 amide bonds. The Kier molecular flexibility index (Phi) is 4.80. The monoisotopic (exact) mass is 206 g/mol. The molecule has 0 aliphatic carbocycles. The molecule has 0 bridgehead atoms. The Morgan fingerprint density at radius 1 is 0.818 bits per heavy atom. The zero-order valence-electron chi connectivity index (χ0n) is 8.32. The number of hydrogen-bond donors (Lipinski definition) is 0. The molecular weight excluding hydrogens is 188 g/mol. The average molecular weight is 206 g/mol. The Morgan fingerprint density at radius 2 is 1.09 bits per heavy atom. The molecule has 0 rings (SSSR count). The Labute approximate surface area is 74.6 Å². The minimum Gasteiger partial charge on any atom is -0.437 e. The predicted molar refractivity (Wildman–Crippen MR) is 54.6 cm³/mol. The van der Waals surface area contributed by atoms with Gasteiger partial charge in [0.25, 0.3) is 0 Å². The van der Waals surface area contributed by atoms with Gasteiger partial charge in [-0.15, -0.1) is 0 Å². The first kappa shape index (κ1) is 11.6. The van der Waals surface area contributed by atoms with Gasteiger partial charge in [0.15, 0.2) is 18.1 Å². The second kappa shape index (κ2) is 4.56. The largest absolute Gasteiger partial charge is 0.437 e. The van der Waals surface area contributed by atoms with Crippen molar-refractivity contribution in [3.05, 3.63) is 0 Å². The van der Waals surface area contributed by atoms with Gasteiger partial charge in [-0.25, -0.2) is 0 Å². The lowest BCUT2D eigenvalue weighted by Gasteiger charge is -2.26. The molecule has 0 spiro atoms. The minimum atomic E-state index is -1.74. The zero-order chi connectivity index (χ0) is 9.07. The molecule has 0 aromatic carbocycles. The Morgan fingerprint density at radius 3 is 1.27 bits per heavy atom. The van der Waals surface area contributed by atoms with Crippen LogP contribution in [0, 0.1) is 0 Å². The van der Waals surface area contributed by atoms with Crippen LogP contribution in [0.25, 0.3) is 0 Å². The van der Waals surface area contributed by atoms with Crippen LogP contribution in [0.5, 0.6) is 0 Å². The normalized spacial score (nSPS) is 13.1. The summed E-state index contributed by atoms with van der Waals surface area (Å²) in [5.74, 6) is 0. The van der Waals surface area contributed by atoms with Crippen LogP contribution in [0.2, 0.25) is 39.3 Å². The molecule has 0 aliphatic heterocycles. The van der Waals surface area contributed by atoms with Gasteiger partial charge in [-0.1, -0.05) is 0 Å². The summed E-state index contributed by atoms with van der Waals surface area (Å²) in [6, 6.07) is 0. The molecule has 66 valence electrons. The summed E-state index contributed by atoms with van der Waals surface area (Å²) in [5.41, 5.74) is 0. The van der Waals surface area contributed by atoms with E-state index in [1.165, 1.54) is 0 Å². The van der Waals surface area contributed by atoms with Crippen LogP contribution < -0.4 is 0 Å². The lowest BCUT2D eigenvalue weighted by Crippen LogP contribution is -2.42. The predicted octanol–water partition coefficient (Wildman–Crippen LogP) is 2.22. The topological polar surface area (TPSA) is 18.5 Å². The van der Waals surface area contributed by atoms with Crippen molar-refractivity contribution >= 4 is 26.6 Å². The third-order valence-electron chi connectivity index (χ3n) is 0.900. The third kappa shape index (κ3) is 6.95. The van der Waals surface area contributed by atoms with Crippen molar-refractivity contribution in [2.45, 2.75) is 39.3 Å². The van der Waals surface area contributed by atoms with Gasteiger partial charge in [-0.05, 0) is 39.3 Å². The van der Waals surface area contributed by atoms with Crippen LogP contribution in [0.4, 0.5) is 0 Å². The molecule has 0 aromatic heterocycles. The fourth-order valence-corrected chi connectivity index (χ4v) is 9.41.